The van der Waals surface area contributed by atoms with Gasteiger partial charge in [-0.05, 0) is 106 Å². The van der Waals surface area contributed by atoms with Crippen LogP contribution in [0.15, 0.2) is 47.5 Å². The molecule has 0 unspecified atom stereocenters. The molecular formula is C94H160N2. The number of benzene rings is 2. The second-order valence-corrected chi connectivity index (χ2v) is 30.7. The van der Waals surface area contributed by atoms with Gasteiger partial charge in [0.05, 0.1) is 0 Å². The highest BCUT2D eigenvalue weighted by Crippen LogP contribution is 2.45. The van der Waals surface area contributed by atoms with E-state index < -0.39 is 0 Å². The van der Waals surface area contributed by atoms with E-state index in [1.165, 1.54) is 413 Å². The molecule has 0 fully saturated rings. The van der Waals surface area contributed by atoms with Gasteiger partial charge in [-0.3, -0.25) is 0 Å². The molecule has 0 aromatic heterocycles. The van der Waals surface area contributed by atoms with E-state index in [1.807, 2.05) is 0 Å². The van der Waals surface area contributed by atoms with Crippen LogP contribution in [0, 0.1) is 23.7 Å². The summed E-state index contributed by atoms with van der Waals surface area (Å²) in [7, 11) is 0. The lowest BCUT2D eigenvalue weighted by molar-refractivity contribution is -0.345. The average Bonchev–Trinajstić information content (AvgIpc) is 1.60. The predicted octanol–water partition coefficient (Wildman–Crippen LogP) is 32.5. The maximum Gasteiger partial charge on any atom is 0.211 e. The van der Waals surface area contributed by atoms with Crippen LogP contribution in [-0.4, -0.2) is 4.70 Å². The lowest BCUT2D eigenvalue weighted by Crippen LogP contribution is -2.05. The van der Waals surface area contributed by atoms with E-state index >= 15 is 0 Å². The van der Waals surface area contributed by atoms with Crippen molar-refractivity contribution in [3.63, 3.8) is 0 Å². The van der Waals surface area contributed by atoms with Gasteiger partial charge in [0.1, 0.15) is 0 Å². The molecule has 0 N–H and O–H groups in total. The zero-order valence-corrected chi connectivity index (χ0v) is 65.4. The minimum Gasteiger partial charge on any atom is -0.493 e. The van der Waals surface area contributed by atoms with Gasteiger partial charge < -0.3 is 5.53 Å². The van der Waals surface area contributed by atoms with Crippen LogP contribution in [0.4, 0.5) is 0 Å². The fourth-order valence-electron chi connectivity index (χ4n) is 15.2. The molecule has 0 aliphatic carbocycles. The molecule has 0 saturated carbocycles. The maximum atomic E-state index is 13.2. The summed E-state index contributed by atoms with van der Waals surface area (Å²) in [6, 6.07) is 14.4. The molecule has 1 heterocycles. The molecule has 1 aliphatic heterocycles. The summed E-state index contributed by atoms with van der Waals surface area (Å²) in [6.07, 6.45) is 90.6. The molecule has 2 nitrogen and oxygen atoms in total. The Kier molecular flexibility index (Phi) is 58.8. The van der Waals surface area contributed by atoms with Gasteiger partial charge in [-0.2, -0.15) is 0 Å². The molecule has 2 heteroatoms. The van der Waals surface area contributed by atoms with Crippen molar-refractivity contribution in [3.8, 4) is 23.7 Å². The Labute approximate surface area is 600 Å². The molecular weight excluding hydrogens is 1160 g/mol. The minimum absolute atomic E-state index is 0.936. The van der Waals surface area contributed by atoms with Crippen molar-refractivity contribution < 1.29 is 4.70 Å². The molecule has 0 atom stereocenters. The highest BCUT2D eigenvalue weighted by atomic mass is 15.2. The fourth-order valence-corrected chi connectivity index (χ4v) is 15.2. The zero-order valence-electron chi connectivity index (χ0n) is 65.4. The van der Waals surface area contributed by atoms with Crippen LogP contribution in [0.5, 0.6) is 0 Å². The average molecular weight is 1320 g/mol. The van der Waals surface area contributed by atoms with Crippen LogP contribution in [0.25, 0.3) is 16.9 Å². The third-order valence-corrected chi connectivity index (χ3v) is 21.4. The monoisotopic (exact) mass is 1320 g/mol. The van der Waals surface area contributed by atoms with Gasteiger partial charge in [0, 0.05) is 46.2 Å². The number of hydrogen-bond acceptors (Lipinski definition) is 0. The van der Waals surface area contributed by atoms with E-state index in [1.54, 1.807) is 4.70 Å². The topological polar surface area (TPSA) is 25.3 Å². The third kappa shape index (κ3) is 45.4. The van der Waals surface area contributed by atoms with E-state index in [2.05, 4.69) is 102 Å². The minimum atomic E-state index is 0.936. The van der Waals surface area contributed by atoms with Gasteiger partial charge in [0.2, 0.25) is 11.4 Å². The summed E-state index contributed by atoms with van der Waals surface area (Å²) in [6.45, 7) is 13.9. The number of unbranched alkanes of at least 4 members (excludes halogenated alkanes) is 58. The lowest BCUT2D eigenvalue weighted by Gasteiger charge is -2.14. The van der Waals surface area contributed by atoms with Gasteiger partial charge in [0.25, 0.3) is 0 Å². The van der Waals surface area contributed by atoms with Crippen LogP contribution in [0.2, 0.25) is 0 Å². The number of nitrogens with zero attached hydrogens (tertiary/aromatic N) is 2. The lowest BCUT2D eigenvalue weighted by atomic mass is 9.90. The summed E-state index contributed by atoms with van der Waals surface area (Å²) in [5.74, 6) is 14.7. The standard InChI is InChI=1S/C94H160N2/c1-7-13-19-25-29-31-33-35-37-39-41-43-45-47-49-51-53-55-57-59-61-65-69-75-87-80-88(76-70-66-62-60-58-56-54-52-50-48-46-44-42-40-38-36-34-32-30-26-20-14-8-2)84-90(83-87)94-92(78-72-24-18-12-6)91(77-71-23-17-11-5)93(96(94)95)89-81-85(73-67-63-27-21-15-9-3)79-86(82-89)74-68-64-28-22-16-10-4/h79-84H,7-68,71-74,77-78H2,1-6H3. The van der Waals surface area contributed by atoms with E-state index in [-0.39, 0.29) is 0 Å². The van der Waals surface area contributed by atoms with E-state index in [0.29, 0.717) is 0 Å². The molecule has 3 rings (SSSR count). The Balaban J connectivity index is 1.75. The summed E-state index contributed by atoms with van der Waals surface area (Å²) >= 11 is 0. The predicted molar refractivity (Wildman–Crippen MR) is 430 cm³/mol. The van der Waals surface area contributed by atoms with Gasteiger partial charge in [-0.25, -0.2) is 4.70 Å². The highest BCUT2D eigenvalue weighted by Gasteiger charge is 2.36. The van der Waals surface area contributed by atoms with Crippen molar-refractivity contribution >= 4 is 11.4 Å². The SMILES string of the molecule is CCCCCCCCCCCCCCCCCCCCCCCC#Cc1cc(C#CCCCCCCCCCCCCCCCCCCCCCCC)cc(C2=C(CCCCCC)C(CCCCCC)=C(c3cc(CCCCCCCC)cc(CCCCCCCC)c3)[N+]2=[N-])c1. The van der Waals surface area contributed by atoms with Crippen LogP contribution >= 0.6 is 0 Å². The van der Waals surface area contributed by atoms with Gasteiger partial charge in [-0.15, -0.1) is 0 Å². The quantitative estimate of drug-likeness (QED) is 0.0358. The normalized spacial score (nSPS) is 12.4. The molecule has 0 spiro atoms. The first kappa shape index (κ1) is 86.9. The zero-order chi connectivity index (χ0) is 68.5. The van der Waals surface area contributed by atoms with Crippen molar-refractivity contribution in [2.45, 2.75) is 478 Å². The van der Waals surface area contributed by atoms with E-state index in [4.69, 9.17) is 0 Å². The summed E-state index contributed by atoms with van der Waals surface area (Å²) in [4.78, 5) is 0. The fraction of sp³-hybridized carbons (Fsp3) is 0.787. The first-order chi connectivity index (χ1) is 47.5. The number of rotatable bonds is 68. The Morgan fingerprint density at radius 2 is 0.438 bits per heavy atom. The van der Waals surface area contributed by atoms with Gasteiger partial charge in [-0.1, -0.05) is 431 Å². The second-order valence-electron chi connectivity index (χ2n) is 30.7. The largest absolute Gasteiger partial charge is 0.493 e. The van der Waals surface area contributed by atoms with Crippen LogP contribution < -0.4 is 0 Å². The van der Waals surface area contributed by atoms with Crippen LogP contribution in [0.3, 0.4) is 0 Å². The van der Waals surface area contributed by atoms with Crippen molar-refractivity contribution in [1.29, 1.82) is 0 Å². The smallest absolute Gasteiger partial charge is 0.211 e. The molecule has 0 saturated heterocycles. The molecule has 546 valence electrons. The van der Waals surface area contributed by atoms with Gasteiger partial charge >= 0.3 is 0 Å². The molecule has 0 amide bonds. The summed E-state index contributed by atoms with van der Waals surface area (Å²) in [5.41, 5.74) is 25.3. The summed E-state index contributed by atoms with van der Waals surface area (Å²) in [5, 5.41) is 0. The Bertz CT molecular complexity index is 2220. The molecule has 2 aromatic carbocycles. The van der Waals surface area contributed by atoms with Gasteiger partial charge in [0.15, 0.2) is 0 Å². The molecule has 96 heavy (non-hydrogen) atoms. The molecule has 0 bridgehead atoms. The van der Waals surface area contributed by atoms with Crippen LogP contribution in [0.1, 0.15) is 499 Å². The van der Waals surface area contributed by atoms with E-state index in [0.717, 1.165) is 79.5 Å². The first-order valence-corrected chi connectivity index (χ1v) is 43.7. The third-order valence-electron chi connectivity index (χ3n) is 21.4. The highest BCUT2D eigenvalue weighted by molar-refractivity contribution is 5.83. The number of hydrogen-bond donors (Lipinski definition) is 0. The number of aryl methyl sites for hydroxylation is 2. The van der Waals surface area contributed by atoms with E-state index in [9.17, 15) is 5.53 Å². The van der Waals surface area contributed by atoms with Crippen molar-refractivity contribution in [3.05, 3.63) is 86.5 Å². The Morgan fingerprint density at radius 3 is 0.698 bits per heavy atom. The molecule has 0 radical (unpaired) electrons. The first-order valence-electron chi connectivity index (χ1n) is 43.7. The molecule has 1 aliphatic rings. The maximum absolute atomic E-state index is 13.2. The second kappa shape index (κ2) is 65.0. The number of allylic oxidation sites excluding steroid dienone is 2. The van der Waals surface area contributed by atoms with Crippen molar-refractivity contribution in [2.75, 3.05) is 0 Å². The Morgan fingerprint density at radius 1 is 0.229 bits per heavy atom. The van der Waals surface area contributed by atoms with Crippen molar-refractivity contribution in [1.82, 2.24) is 0 Å². The summed E-state index contributed by atoms with van der Waals surface area (Å²) < 4.78 is 1.69. The molecule has 2 aromatic rings. The van der Waals surface area contributed by atoms with Crippen molar-refractivity contribution in [2.24, 2.45) is 0 Å². The Hall–Kier alpha value is -3.36. The van der Waals surface area contributed by atoms with Crippen LogP contribution in [-0.2, 0) is 12.8 Å².